The summed E-state index contributed by atoms with van der Waals surface area (Å²) < 4.78 is 4.71. The molecule has 1 heterocycles. The highest BCUT2D eigenvalue weighted by Crippen LogP contribution is 2.20. The lowest BCUT2D eigenvalue weighted by molar-refractivity contribution is -0.146. The van der Waals surface area contributed by atoms with Crippen LogP contribution in [-0.2, 0) is 9.53 Å². The Morgan fingerprint density at radius 3 is 2.83 bits per heavy atom. The molecule has 1 rings (SSSR count). The lowest BCUT2D eigenvalue weighted by atomic mass is 10.2. The molecule has 0 spiro atoms. The summed E-state index contributed by atoms with van der Waals surface area (Å²) in [5, 5.41) is 0. The first-order valence-electron chi connectivity index (χ1n) is 4.04. The van der Waals surface area contributed by atoms with Crippen LogP contribution in [0.25, 0.3) is 0 Å². The first-order valence-corrected chi connectivity index (χ1v) is 5.19. The molecular weight excluding hydrogens is 174 g/mol. The van der Waals surface area contributed by atoms with Gasteiger partial charge in [0.25, 0.3) is 0 Å². The number of carbonyl (C=O) groups excluding carboxylic acids is 1. The van der Waals surface area contributed by atoms with Gasteiger partial charge in [-0.1, -0.05) is 0 Å². The summed E-state index contributed by atoms with van der Waals surface area (Å²) in [6.45, 7) is 2.13. The van der Waals surface area contributed by atoms with Crippen LogP contribution in [0.3, 0.4) is 0 Å². The molecule has 1 aliphatic heterocycles. The third-order valence-corrected chi connectivity index (χ3v) is 3.56. The minimum absolute atomic E-state index is 0.0521. The molecule has 4 heteroatoms. The topological polar surface area (TPSA) is 29.5 Å². The smallest absolute Gasteiger partial charge is 0.323 e. The molecule has 0 N–H and O–H groups in total. The van der Waals surface area contributed by atoms with Crippen LogP contribution >= 0.6 is 11.8 Å². The van der Waals surface area contributed by atoms with E-state index in [1.165, 1.54) is 7.11 Å². The average Bonchev–Trinajstić information content (AvgIpc) is 2.08. The zero-order chi connectivity index (χ0) is 9.14. The summed E-state index contributed by atoms with van der Waals surface area (Å²) in [6.07, 6.45) is 0. The SMILES string of the molecule is COC(=O)[C@@H]1CSC[C@H](C)N1C. The van der Waals surface area contributed by atoms with Crippen molar-refractivity contribution in [3.8, 4) is 0 Å². The second-order valence-corrected chi connectivity index (χ2v) is 4.17. The third-order valence-electron chi connectivity index (χ3n) is 2.29. The molecule has 0 amide bonds. The normalized spacial score (nSPS) is 31.6. The van der Waals surface area contributed by atoms with E-state index in [0.29, 0.717) is 6.04 Å². The fraction of sp³-hybridized carbons (Fsp3) is 0.875. The van der Waals surface area contributed by atoms with Crippen LogP contribution in [0.15, 0.2) is 0 Å². The molecule has 2 atom stereocenters. The van der Waals surface area contributed by atoms with E-state index in [2.05, 4.69) is 11.8 Å². The van der Waals surface area contributed by atoms with E-state index in [4.69, 9.17) is 4.74 Å². The summed E-state index contributed by atoms with van der Waals surface area (Å²) in [4.78, 5) is 13.3. The molecule has 0 bridgehead atoms. The summed E-state index contributed by atoms with van der Waals surface area (Å²) in [7, 11) is 3.42. The number of likely N-dealkylation sites (N-methyl/N-ethyl adjacent to an activating group) is 1. The van der Waals surface area contributed by atoms with E-state index in [0.717, 1.165) is 11.5 Å². The molecule has 70 valence electrons. The van der Waals surface area contributed by atoms with Crippen molar-refractivity contribution in [1.29, 1.82) is 0 Å². The van der Waals surface area contributed by atoms with Crippen molar-refractivity contribution in [3.63, 3.8) is 0 Å². The number of hydrogen-bond acceptors (Lipinski definition) is 4. The van der Waals surface area contributed by atoms with E-state index in [9.17, 15) is 4.79 Å². The van der Waals surface area contributed by atoms with E-state index < -0.39 is 0 Å². The molecule has 0 aliphatic carbocycles. The van der Waals surface area contributed by atoms with Crippen molar-refractivity contribution < 1.29 is 9.53 Å². The van der Waals surface area contributed by atoms with E-state index >= 15 is 0 Å². The number of methoxy groups -OCH3 is 1. The highest BCUT2D eigenvalue weighted by molar-refractivity contribution is 7.99. The van der Waals surface area contributed by atoms with Gasteiger partial charge in [0.1, 0.15) is 6.04 Å². The Balaban J connectivity index is 2.57. The summed E-state index contributed by atoms with van der Waals surface area (Å²) in [5.41, 5.74) is 0. The van der Waals surface area contributed by atoms with Gasteiger partial charge in [-0.3, -0.25) is 9.69 Å². The largest absolute Gasteiger partial charge is 0.468 e. The summed E-state index contributed by atoms with van der Waals surface area (Å²) >= 11 is 1.82. The summed E-state index contributed by atoms with van der Waals surface area (Å²) in [6, 6.07) is 0.414. The maximum atomic E-state index is 11.2. The maximum Gasteiger partial charge on any atom is 0.323 e. The lowest BCUT2D eigenvalue weighted by Gasteiger charge is -2.35. The quantitative estimate of drug-likeness (QED) is 0.565. The van der Waals surface area contributed by atoms with Crippen molar-refractivity contribution >= 4 is 17.7 Å². The minimum Gasteiger partial charge on any atom is -0.468 e. The molecule has 0 radical (unpaired) electrons. The number of nitrogens with zero attached hydrogens (tertiary/aromatic N) is 1. The molecule has 0 aromatic rings. The molecule has 0 aromatic carbocycles. The molecule has 1 aliphatic rings. The van der Waals surface area contributed by atoms with Gasteiger partial charge < -0.3 is 4.74 Å². The number of hydrogen-bond donors (Lipinski definition) is 0. The molecule has 1 fully saturated rings. The van der Waals surface area contributed by atoms with E-state index in [-0.39, 0.29) is 12.0 Å². The number of carbonyl (C=O) groups is 1. The van der Waals surface area contributed by atoms with Crippen LogP contribution in [0, 0.1) is 0 Å². The van der Waals surface area contributed by atoms with Crippen molar-refractivity contribution in [2.45, 2.75) is 19.0 Å². The standard InChI is InChI=1S/C8H15NO2S/c1-6-4-12-5-7(9(6)2)8(10)11-3/h6-7H,4-5H2,1-3H3/t6-,7-/m0/s1. The van der Waals surface area contributed by atoms with Crippen molar-refractivity contribution in [2.24, 2.45) is 0 Å². The maximum absolute atomic E-state index is 11.2. The van der Waals surface area contributed by atoms with Gasteiger partial charge >= 0.3 is 5.97 Å². The number of rotatable bonds is 1. The van der Waals surface area contributed by atoms with Crippen molar-refractivity contribution in [1.82, 2.24) is 4.90 Å². The van der Waals surface area contributed by atoms with Crippen LogP contribution in [0.1, 0.15) is 6.92 Å². The van der Waals surface area contributed by atoms with Crippen LogP contribution < -0.4 is 0 Å². The Morgan fingerprint density at radius 1 is 1.58 bits per heavy atom. The van der Waals surface area contributed by atoms with Crippen LogP contribution in [0.5, 0.6) is 0 Å². The minimum atomic E-state index is -0.114. The molecular formula is C8H15NO2S. The van der Waals surface area contributed by atoms with Gasteiger partial charge in [0.2, 0.25) is 0 Å². The van der Waals surface area contributed by atoms with Gasteiger partial charge in [0.05, 0.1) is 7.11 Å². The Kier molecular flexibility index (Phi) is 3.40. The molecule has 1 saturated heterocycles. The monoisotopic (exact) mass is 189 g/mol. The first kappa shape index (κ1) is 9.86. The predicted octanol–water partition coefficient (Wildman–Crippen LogP) is 0.595. The van der Waals surface area contributed by atoms with Crippen molar-refractivity contribution in [2.75, 3.05) is 25.7 Å². The zero-order valence-electron chi connectivity index (χ0n) is 7.74. The van der Waals surface area contributed by atoms with Crippen molar-refractivity contribution in [3.05, 3.63) is 0 Å². The third kappa shape index (κ3) is 1.93. The van der Waals surface area contributed by atoms with Gasteiger partial charge in [-0.25, -0.2) is 0 Å². The number of esters is 1. The molecule has 12 heavy (non-hydrogen) atoms. The molecule has 0 unspecified atom stereocenters. The second-order valence-electron chi connectivity index (χ2n) is 3.09. The molecule has 3 nitrogen and oxygen atoms in total. The van der Waals surface area contributed by atoms with E-state index in [1.807, 2.05) is 18.8 Å². The zero-order valence-corrected chi connectivity index (χ0v) is 8.56. The summed E-state index contributed by atoms with van der Waals surface area (Å²) in [5.74, 6) is 1.84. The fourth-order valence-corrected chi connectivity index (χ4v) is 2.57. The van der Waals surface area contributed by atoms with Crippen LogP contribution in [0.2, 0.25) is 0 Å². The number of ether oxygens (including phenoxy) is 1. The highest BCUT2D eigenvalue weighted by Gasteiger charge is 2.30. The number of thioether (sulfide) groups is 1. The van der Waals surface area contributed by atoms with Gasteiger partial charge in [0.15, 0.2) is 0 Å². The Hall–Kier alpha value is -0.220. The Labute approximate surface area is 77.4 Å². The Morgan fingerprint density at radius 2 is 2.25 bits per heavy atom. The molecule has 0 aromatic heterocycles. The fourth-order valence-electron chi connectivity index (χ4n) is 1.26. The van der Waals surface area contributed by atoms with Gasteiger partial charge in [-0.2, -0.15) is 11.8 Å². The van der Waals surface area contributed by atoms with Crippen LogP contribution in [-0.4, -0.2) is 48.6 Å². The average molecular weight is 189 g/mol. The molecule has 0 saturated carbocycles. The Bertz CT molecular complexity index is 174. The van der Waals surface area contributed by atoms with Gasteiger partial charge in [-0.05, 0) is 14.0 Å². The highest BCUT2D eigenvalue weighted by atomic mass is 32.2. The lowest BCUT2D eigenvalue weighted by Crippen LogP contribution is -2.49. The van der Waals surface area contributed by atoms with Crippen LogP contribution in [0.4, 0.5) is 0 Å². The van der Waals surface area contributed by atoms with E-state index in [1.54, 1.807) is 0 Å². The first-order chi connectivity index (χ1) is 5.66. The van der Waals surface area contributed by atoms with Gasteiger partial charge in [-0.15, -0.1) is 0 Å². The predicted molar refractivity (Wildman–Crippen MR) is 50.4 cm³/mol. The van der Waals surface area contributed by atoms with Gasteiger partial charge in [0, 0.05) is 17.5 Å². The second kappa shape index (κ2) is 4.14.